The topological polar surface area (TPSA) is 219 Å². The fourth-order valence-corrected chi connectivity index (χ4v) is 4.81. The summed E-state index contributed by atoms with van der Waals surface area (Å²) in [6, 6.07) is 4.26. The molecule has 2 heterocycles. The summed E-state index contributed by atoms with van der Waals surface area (Å²) in [5.74, 6) is -3.46. The van der Waals surface area contributed by atoms with Crippen LogP contribution in [-0.2, 0) is 30.9 Å². The number of aromatic nitrogens is 1. The van der Waals surface area contributed by atoms with E-state index in [9.17, 15) is 31.2 Å². The third kappa shape index (κ3) is 10.4. The molecule has 0 unspecified atom stereocenters. The molecule has 36 heavy (non-hydrogen) atoms. The van der Waals surface area contributed by atoms with Crippen LogP contribution in [-0.4, -0.2) is 55.7 Å². The number of carboxylic acids is 1. The minimum atomic E-state index is -5.08. The number of anilines is 1. The third-order valence-corrected chi connectivity index (χ3v) is 6.65. The molecule has 0 spiro atoms. The number of carbonyl (C=O) groups is 2. The number of aliphatic carboxylic acids is 1. The molecule has 0 aliphatic heterocycles. The molecule has 0 saturated heterocycles. The minimum Gasteiger partial charge on any atom is -0.475 e. The molecule has 2 aromatic rings. The van der Waals surface area contributed by atoms with Crippen LogP contribution < -0.4 is 27.1 Å². The molecule has 1 amide bonds. The van der Waals surface area contributed by atoms with E-state index in [1.54, 1.807) is 6.92 Å². The van der Waals surface area contributed by atoms with Crippen LogP contribution >= 0.6 is 22.9 Å². The Hall–Kier alpha value is -3.51. The highest BCUT2D eigenvalue weighted by molar-refractivity contribution is 7.94. The molecular formula is C17H20ClF3N6O7S2. The van der Waals surface area contributed by atoms with Gasteiger partial charge in [0, 0.05) is 5.69 Å². The molecule has 0 atom stereocenters. The van der Waals surface area contributed by atoms with Crippen molar-refractivity contribution in [2.45, 2.75) is 23.7 Å². The maximum atomic E-state index is 12.5. The first-order valence-corrected chi connectivity index (χ1v) is 12.0. The van der Waals surface area contributed by atoms with E-state index in [1.165, 1.54) is 18.2 Å². The summed E-state index contributed by atoms with van der Waals surface area (Å²) < 4.78 is 59.2. The third-order valence-electron chi connectivity index (χ3n) is 3.58. The normalized spacial score (nSPS) is 11.0. The van der Waals surface area contributed by atoms with Crippen molar-refractivity contribution in [1.29, 1.82) is 0 Å². The molecule has 2 rings (SSSR count). The van der Waals surface area contributed by atoms with Gasteiger partial charge >= 0.3 is 12.1 Å². The Morgan fingerprint density at radius 1 is 1.31 bits per heavy atom. The number of amides is 1. The Kier molecular flexibility index (Phi) is 11.0. The molecule has 200 valence electrons. The predicted molar refractivity (Wildman–Crippen MR) is 124 cm³/mol. The number of halogens is 4. The predicted octanol–water partition coefficient (Wildman–Crippen LogP) is 0.696. The van der Waals surface area contributed by atoms with E-state index in [0.717, 1.165) is 11.3 Å². The van der Waals surface area contributed by atoms with Crippen LogP contribution in [0.5, 0.6) is 0 Å². The highest BCUT2D eigenvalue weighted by Gasteiger charge is 2.38. The molecule has 0 saturated carbocycles. The number of nitrogens with two attached hydrogens (primary N) is 2. The zero-order valence-electron chi connectivity index (χ0n) is 18.2. The van der Waals surface area contributed by atoms with Crippen molar-refractivity contribution < 1.29 is 41.1 Å². The van der Waals surface area contributed by atoms with E-state index in [2.05, 4.69) is 20.2 Å². The summed E-state index contributed by atoms with van der Waals surface area (Å²) in [4.78, 5) is 40.6. The van der Waals surface area contributed by atoms with Gasteiger partial charge in [-0.2, -0.15) is 13.2 Å². The first-order valence-electron chi connectivity index (χ1n) is 9.31. The molecule has 8 N–H and O–H groups in total. The highest BCUT2D eigenvalue weighted by atomic mass is 35.5. The number of carbonyl (C=O) groups excluding carboxylic acids is 1. The van der Waals surface area contributed by atoms with Gasteiger partial charge in [0.05, 0.1) is 17.3 Å². The number of guanidine groups is 1. The number of aryl methyl sites for hydroxylation is 1. The van der Waals surface area contributed by atoms with Gasteiger partial charge < -0.3 is 31.7 Å². The number of carboxylic acid groups (broad SMARTS) is 1. The first kappa shape index (κ1) is 30.5. The number of rotatable bonds is 9. The number of alkyl halides is 3. The van der Waals surface area contributed by atoms with Gasteiger partial charge in [-0.25, -0.2) is 13.2 Å². The van der Waals surface area contributed by atoms with E-state index in [0.29, 0.717) is 5.69 Å². The lowest BCUT2D eigenvalue weighted by Crippen LogP contribution is -2.30. The van der Waals surface area contributed by atoms with Crippen LogP contribution in [0.25, 0.3) is 0 Å². The summed E-state index contributed by atoms with van der Waals surface area (Å²) in [5, 5.41) is 13.0. The van der Waals surface area contributed by atoms with Crippen LogP contribution in [0.15, 0.2) is 32.4 Å². The summed E-state index contributed by atoms with van der Waals surface area (Å²) >= 11 is 6.62. The minimum absolute atomic E-state index is 0.0245. The average Bonchev–Trinajstić information content (AvgIpc) is 3.17. The smallest absolute Gasteiger partial charge is 0.475 e. The summed E-state index contributed by atoms with van der Waals surface area (Å²) in [6.07, 6.45) is -5.32. The largest absolute Gasteiger partial charge is 0.490 e. The zero-order chi connectivity index (χ0) is 27.7. The maximum Gasteiger partial charge on any atom is 0.490 e. The van der Waals surface area contributed by atoms with Crippen LogP contribution in [0, 0.1) is 6.92 Å². The number of thiophene rings is 1. The molecule has 0 fully saturated rings. The van der Waals surface area contributed by atoms with Gasteiger partial charge in [0.1, 0.15) is 16.5 Å². The second kappa shape index (κ2) is 13.0. The Bertz CT molecular complexity index is 1270. The van der Waals surface area contributed by atoms with Crippen molar-refractivity contribution in [2.75, 3.05) is 17.9 Å². The molecule has 0 aromatic carbocycles. The van der Waals surface area contributed by atoms with Gasteiger partial charge in [-0.05, 0) is 35.8 Å². The van der Waals surface area contributed by atoms with Gasteiger partial charge in [-0.3, -0.25) is 14.3 Å². The van der Waals surface area contributed by atoms with E-state index >= 15 is 0 Å². The number of nitrogens with zero attached hydrogens (tertiary/aromatic N) is 1. The number of hydrogen-bond donors (Lipinski definition) is 6. The Labute approximate surface area is 210 Å². The number of oxime groups is 1. The quantitative estimate of drug-likeness (QED) is 0.107. The number of H-pyrrole nitrogens is 1. The van der Waals surface area contributed by atoms with Crippen molar-refractivity contribution in [1.82, 2.24) is 10.3 Å². The van der Waals surface area contributed by atoms with Gasteiger partial charge in [0.25, 0.3) is 15.6 Å². The number of nitrogens with one attached hydrogen (secondary N) is 3. The standard InChI is InChI=1S/C15H19ClN6O5S2.C2HF3O2/c1-8-6-9(7-11(23)19-4-5-27-21-15(17)18)13(14(24)20-8)22-29(25,26)12-3-2-10(16)28-12;3-2(4,5)1(6)7/h2-3,6,22H,4-5,7H2,1H3,(H,19,23)(H,20,24)(H4,17,18,21);(H,6,7). The molecule has 0 aliphatic rings. The molecule has 0 radical (unpaired) electrons. The maximum absolute atomic E-state index is 12.5. The van der Waals surface area contributed by atoms with E-state index < -0.39 is 33.6 Å². The van der Waals surface area contributed by atoms with Crippen molar-refractivity contribution in [2.24, 2.45) is 16.6 Å². The Morgan fingerprint density at radius 2 is 1.92 bits per heavy atom. The summed E-state index contributed by atoms with van der Waals surface area (Å²) in [6.45, 7) is 1.74. The lowest BCUT2D eigenvalue weighted by molar-refractivity contribution is -0.192. The summed E-state index contributed by atoms with van der Waals surface area (Å²) in [7, 11) is -4.04. The van der Waals surface area contributed by atoms with Crippen LogP contribution in [0.2, 0.25) is 4.34 Å². The van der Waals surface area contributed by atoms with Crippen molar-refractivity contribution in [3.63, 3.8) is 0 Å². The van der Waals surface area contributed by atoms with Gasteiger partial charge in [-0.15, -0.1) is 11.3 Å². The lowest BCUT2D eigenvalue weighted by Gasteiger charge is -2.12. The Balaban J connectivity index is 0.000000809. The van der Waals surface area contributed by atoms with Gasteiger partial charge in [0.15, 0.2) is 0 Å². The Morgan fingerprint density at radius 3 is 2.42 bits per heavy atom. The van der Waals surface area contributed by atoms with Gasteiger partial charge in [0.2, 0.25) is 11.9 Å². The molecule has 0 bridgehead atoms. The molecule has 13 nitrogen and oxygen atoms in total. The van der Waals surface area contributed by atoms with E-state index in [1.807, 2.05) is 0 Å². The van der Waals surface area contributed by atoms with Crippen molar-refractivity contribution in [3.8, 4) is 0 Å². The number of hydrogen-bond acceptors (Lipinski definition) is 8. The fourth-order valence-electron chi connectivity index (χ4n) is 2.23. The monoisotopic (exact) mass is 576 g/mol. The lowest BCUT2D eigenvalue weighted by atomic mass is 10.1. The summed E-state index contributed by atoms with van der Waals surface area (Å²) in [5.41, 5.74) is 9.95. The van der Waals surface area contributed by atoms with Crippen LogP contribution in [0.3, 0.4) is 0 Å². The molecule has 19 heteroatoms. The highest BCUT2D eigenvalue weighted by Crippen LogP contribution is 2.27. The average molecular weight is 577 g/mol. The second-order valence-electron chi connectivity index (χ2n) is 6.52. The van der Waals surface area contributed by atoms with Crippen LogP contribution in [0.1, 0.15) is 11.3 Å². The SMILES string of the molecule is Cc1cc(CC(=O)NCCON=C(N)N)c(NS(=O)(=O)c2ccc(Cl)s2)c(=O)[nH]1.O=C(O)C(F)(F)F. The fraction of sp³-hybridized carbons (Fsp3) is 0.294. The first-order chi connectivity index (χ1) is 16.5. The number of sulfonamides is 1. The molecular weight excluding hydrogens is 557 g/mol. The van der Waals surface area contributed by atoms with Crippen molar-refractivity contribution in [3.05, 3.63) is 44.1 Å². The van der Waals surface area contributed by atoms with Crippen LogP contribution in [0.4, 0.5) is 18.9 Å². The van der Waals surface area contributed by atoms with E-state index in [4.69, 9.17) is 37.8 Å². The van der Waals surface area contributed by atoms with Crippen molar-refractivity contribution >= 4 is 56.5 Å². The van der Waals surface area contributed by atoms with E-state index in [-0.39, 0.29) is 45.3 Å². The van der Waals surface area contributed by atoms with Gasteiger partial charge in [-0.1, -0.05) is 11.6 Å². The number of pyridine rings is 1. The second-order valence-corrected chi connectivity index (χ2v) is 10.1. The number of aromatic amines is 1. The molecule has 2 aromatic heterocycles. The molecule has 0 aliphatic carbocycles. The zero-order valence-corrected chi connectivity index (χ0v) is 20.6.